The summed E-state index contributed by atoms with van der Waals surface area (Å²) in [5.74, 6) is 0. The molecule has 0 aliphatic heterocycles. The van der Waals surface area contributed by atoms with Gasteiger partial charge in [-0.05, 0) is 13.8 Å². The number of hydrogen-bond donors (Lipinski definition) is 0. The van der Waals surface area contributed by atoms with Gasteiger partial charge in [0.25, 0.3) is 0 Å². The number of halogens is 2. The Labute approximate surface area is 178 Å². The first-order valence-corrected chi connectivity index (χ1v) is 7.81. The number of rotatable bonds is 0. The second-order valence-electron chi connectivity index (χ2n) is 6.10. The maximum Gasteiger partial charge on any atom is 4.00 e. The minimum Gasteiger partial charge on any atom is -1.00 e. The molecule has 0 nitrogen and oxygen atoms in total. The minimum atomic E-state index is 0. The summed E-state index contributed by atoms with van der Waals surface area (Å²) in [4.78, 5) is 0. The first-order valence-electron chi connectivity index (χ1n) is 7.81. The molecule has 4 aromatic rings. The summed E-state index contributed by atoms with van der Waals surface area (Å²) in [6.07, 6.45) is 0. The van der Waals surface area contributed by atoms with Gasteiger partial charge in [0.05, 0.1) is 0 Å². The minimum absolute atomic E-state index is 0. The fourth-order valence-electron chi connectivity index (χ4n) is 3.07. The summed E-state index contributed by atoms with van der Waals surface area (Å²) in [7, 11) is 0. The average Bonchev–Trinajstić information content (AvgIpc) is 3.17. The van der Waals surface area contributed by atoms with Gasteiger partial charge in [-0.2, -0.15) is 24.3 Å². The molecule has 0 unspecified atom stereocenters. The fraction of sp³-hybridized carbons (Fsp3) is 0.182. The third-order valence-corrected chi connectivity index (χ3v) is 4.50. The van der Waals surface area contributed by atoms with E-state index in [1.54, 1.807) is 0 Å². The molecule has 0 aromatic heterocycles. The van der Waals surface area contributed by atoms with E-state index >= 15 is 0 Å². The molecule has 0 spiro atoms. The maximum absolute atomic E-state index is 2.18. The molecule has 0 atom stereocenters. The number of fused-ring (bicyclic) bond motifs is 2. The van der Waals surface area contributed by atoms with Crippen molar-refractivity contribution in [1.82, 2.24) is 0 Å². The van der Waals surface area contributed by atoms with Crippen LogP contribution in [0.1, 0.15) is 22.3 Å². The van der Waals surface area contributed by atoms with Crippen molar-refractivity contribution in [2.45, 2.75) is 27.7 Å². The van der Waals surface area contributed by atoms with Gasteiger partial charge < -0.3 is 24.8 Å². The van der Waals surface area contributed by atoms with E-state index in [-0.39, 0.29) is 46.5 Å². The zero-order chi connectivity index (χ0) is 15.7. The predicted octanol–water partition coefficient (Wildman–Crippen LogP) is 0.357. The summed E-state index contributed by atoms with van der Waals surface area (Å²) in [6, 6.07) is 21.7. The topological polar surface area (TPSA) is 0 Å². The summed E-state index contributed by atoms with van der Waals surface area (Å²) in [5, 5.41) is 5.57. The number of aryl methyl sites for hydroxylation is 4. The van der Waals surface area contributed by atoms with Gasteiger partial charge >= 0.3 is 21.7 Å². The summed E-state index contributed by atoms with van der Waals surface area (Å²) in [5.41, 5.74) is 5.48. The second-order valence-corrected chi connectivity index (χ2v) is 6.10. The summed E-state index contributed by atoms with van der Waals surface area (Å²) < 4.78 is 0. The maximum atomic E-state index is 2.18. The van der Waals surface area contributed by atoms with Gasteiger partial charge in [-0.1, -0.05) is 37.1 Å². The normalized spacial score (nSPS) is 9.44. The molecule has 4 rings (SSSR count). The van der Waals surface area contributed by atoms with E-state index < -0.39 is 0 Å². The molecule has 0 aliphatic carbocycles. The zero-order valence-electron chi connectivity index (χ0n) is 15.0. The van der Waals surface area contributed by atoms with E-state index in [0.29, 0.717) is 0 Å². The van der Waals surface area contributed by atoms with E-state index in [0.717, 1.165) is 0 Å². The molecule has 0 amide bonds. The Morgan fingerprint density at radius 2 is 0.840 bits per heavy atom. The molecular weight excluding hydrogens is 383 g/mol. The van der Waals surface area contributed by atoms with Gasteiger partial charge in [0.1, 0.15) is 0 Å². The van der Waals surface area contributed by atoms with Crippen LogP contribution in [0.3, 0.4) is 0 Å². The molecule has 0 fully saturated rings. The Balaban J connectivity index is 0.000000411. The first kappa shape index (κ1) is 24.0. The molecule has 0 aliphatic rings. The Bertz CT molecular complexity index is 782. The molecule has 0 saturated heterocycles. The summed E-state index contributed by atoms with van der Waals surface area (Å²) in [6.45, 7) is 8.62. The van der Waals surface area contributed by atoms with Crippen LogP contribution >= 0.6 is 0 Å². The van der Waals surface area contributed by atoms with Crippen molar-refractivity contribution in [1.29, 1.82) is 0 Å². The van der Waals surface area contributed by atoms with Crippen molar-refractivity contribution in [2.24, 2.45) is 0 Å². The van der Waals surface area contributed by atoms with Crippen LogP contribution < -0.4 is 24.8 Å². The van der Waals surface area contributed by atoms with Crippen LogP contribution in [0.15, 0.2) is 60.7 Å². The smallest absolute Gasteiger partial charge is 1.00 e. The molecule has 0 bridgehead atoms. The van der Waals surface area contributed by atoms with Gasteiger partial charge in [0, 0.05) is 0 Å². The molecule has 128 valence electrons. The third-order valence-electron chi connectivity index (χ3n) is 4.50. The van der Waals surface area contributed by atoms with Crippen LogP contribution in [0.25, 0.3) is 21.5 Å². The monoisotopic (exact) mass is 404 g/mol. The van der Waals surface area contributed by atoms with Crippen molar-refractivity contribution < 1.29 is 46.5 Å². The average molecular weight is 405 g/mol. The Hall–Kier alpha value is -1.05. The first-order chi connectivity index (χ1) is 10.6. The quantitative estimate of drug-likeness (QED) is 0.293. The van der Waals surface area contributed by atoms with Crippen LogP contribution in [0.4, 0.5) is 0 Å². The van der Waals surface area contributed by atoms with Crippen molar-refractivity contribution in [2.75, 3.05) is 0 Å². The second kappa shape index (κ2) is 10.2. The van der Waals surface area contributed by atoms with E-state index in [2.05, 4.69) is 88.4 Å². The van der Waals surface area contributed by atoms with E-state index in [4.69, 9.17) is 0 Å². The standard InChI is InChI=1S/2C11H11.2ClH.Ti/c2*1-8-6-7-9(2)11-5-3-4-10(8)11;;;/h2*3-7H,1-2H3;2*1H;/q2*-1;;;+4/p-2. The molecule has 0 saturated carbocycles. The predicted molar refractivity (Wildman–Crippen MR) is 98.0 cm³/mol. The van der Waals surface area contributed by atoms with E-state index in [9.17, 15) is 0 Å². The number of hydrogen-bond acceptors (Lipinski definition) is 0. The van der Waals surface area contributed by atoms with Crippen LogP contribution in [-0.4, -0.2) is 0 Å². The van der Waals surface area contributed by atoms with Crippen LogP contribution in [0.2, 0.25) is 0 Å². The molecule has 4 aromatic carbocycles. The largest absolute Gasteiger partial charge is 4.00 e. The Kier molecular flexibility index (Phi) is 9.76. The third kappa shape index (κ3) is 4.99. The van der Waals surface area contributed by atoms with Crippen molar-refractivity contribution in [3.05, 3.63) is 82.9 Å². The van der Waals surface area contributed by atoms with Gasteiger partial charge in [0.2, 0.25) is 0 Å². The molecule has 0 heterocycles. The van der Waals surface area contributed by atoms with Gasteiger partial charge in [-0.15, -0.1) is 56.9 Å². The number of benzene rings is 2. The van der Waals surface area contributed by atoms with Gasteiger partial charge in [-0.3, -0.25) is 0 Å². The zero-order valence-corrected chi connectivity index (χ0v) is 18.1. The van der Waals surface area contributed by atoms with Crippen molar-refractivity contribution >= 4 is 21.5 Å². The van der Waals surface area contributed by atoms with Crippen LogP contribution in [0, 0.1) is 27.7 Å². The molecular formula is C22H22Cl2Ti. The van der Waals surface area contributed by atoms with Gasteiger partial charge in [0.15, 0.2) is 0 Å². The molecule has 3 heteroatoms. The molecule has 0 radical (unpaired) electrons. The fourth-order valence-corrected chi connectivity index (χ4v) is 3.07. The van der Waals surface area contributed by atoms with Crippen molar-refractivity contribution in [3.8, 4) is 0 Å². The van der Waals surface area contributed by atoms with Crippen LogP contribution in [0.5, 0.6) is 0 Å². The molecule has 25 heavy (non-hydrogen) atoms. The van der Waals surface area contributed by atoms with E-state index in [1.165, 1.54) is 43.8 Å². The SMILES string of the molecule is Cc1ccc(C)c2[cH-]ccc12.Cc1ccc(C)c2[cH-]ccc12.[Cl-].[Cl-].[Ti+4]. The molecule has 0 N–H and O–H groups in total. The van der Waals surface area contributed by atoms with Crippen LogP contribution in [-0.2, 0) is 21.7 Å². The van der Waals surface area contributed by atoms with Gasteiger partial charge in [-0.25, -0.2) is 0 Å². The van der Waals surface area contributed by atoms with E-state index in [1.807, 2.05) is 0 Å². The Morgan fingerprint density at radius 3 is 1.16 bits per heavy atom. The Morgan fingerprint density at radius 1 is 0.520 bits per heavy atom. The van der Waals surface area contributed by atoms with Crippen molar-refractivity contribution in [3.63, 3.8) is 0 Å². The summed E-state index contributed by atoms with van der Waals surface area (Å²) >= 11 is 0.